The van der Waals surface area contributed by atoms with Gasteiger partial charge in [0.15, 0.2) is 0 Å². The van der Waals surface area contributed by atoms with Gasteiger partial charge in [0, 0.05) is 24.4 Å². The molecule has 1 aliphatic rings. The topological polar surface area (TPSA) is 137 Å². The predicted molar refractivity (Wildman–Crippen MR) is 153 cm³/mol. The first-order valence-corrected chi connectivity index (χ1v) is 13.7. The van der Waals surface area contributed by atoms with Gasteiger partial charge in [-0.05, 0) is 56.5 Å². The smallest absolute Gasteiger partial charge is 0.414 e. The van der Waals surface area contributed by atoms with Crippen molar-refractivity contribution in [1.82, 2.24) is 14.9 Å². The van der Waals surface area contributed by atoms with Crippen LogP contribution in [0, 0.1) is 10.1 Å². The third kappa shape index (κ3) is 7.23. The molecule has 1 saturated heterocycles. The molecule has 1 aromatic carbocycles. The zero-order valence-corrected chi connectivity index (χ0v) is 23.0. The van der Waals surface area contributed by atoms with Crippen molar-refractivity contribution < 1.29 is 19.2 Å². The second kappa shape index (κ2) is 13.7. The Morgan fingerprint density at radius 1 is 1.12 bits per heavy atom. The number of nitrogens with zero attached hydrogens (tertiary/aromatic N) is 5. The summed E-state index contributed by atoms with van der Waals surface area (Å²) in [7, 11) is 0. The van der Waals surface area contributed by atoms with E-state index in [9.17, 15) is 14.9 Å². The van der Waals surface area contributed by atoms with Gasteiger partial charge in [-0.3, -0.25) is 24.9 Å². The van der Waals surface area contributed by atoms with E-state index in [1.54, 1.807) is 13.1 Å². The molecule has 1 amide bonds. The first-order valence-electron chi connectivity index (χ1n) is 13.7. The van der Waals surface area contributed by atoms with E-state index in [0.717, 1.165) is 48.6 Å². The van der Waals surface area contributed by atoms with Crippen molar-refractivity contribution in [3.05, 3.63) is 69.9 Å². The van der Waals surface area contributed by atoms with Gasteiger partial charge in [-0.2, -0.15) is 4.98 Å². The summed E-state index contributed by atoms with van der Waals surface area (Å²) in [5, 5.41) is 11.9. The number of amides is 1. The number of carbonyl (C=O) groups excluding carboxylic acids is 1. The van der Waals surface area contributed by atoms with Gasteiger partial charge in [0.1, 0.15) is 5.69 Å². The molecule has 3 aromatic rings. The summed E-state index contributed by atoms with van der Waals surface area (Å²) >= 11 is 0. The lowest BCUT2D eigenvalue weighted by molar-refractivity contribution is -0.383. The Kier molecular flexibility index (Phi) is 9.85. The second-order valence-electron chi connectivity index (χ2n) is 9.69. The number of likely N-dealkylation sites (tertiary alicyclic amines) is 1. The average Bonchev–Trinajstić information content (AvgIpc) is 3.45. The number of ether oxygens (including phenoxy) is 2. The molecule has 0 atom stereocenters. The third-order valence-corrected chi connectivity index (χ3v) is 6.71. The van der Waals surface area contributed by atoms with Gasteiger partial charge in [-0.1, -0.05) is 43.7 Å². The van der Waals surface area contributed by atoms with Crippen molar-refractivity contribution in [2.24, 2.45) is 0 Å². The molecule has 3 heterocycles. The van der Waals surface area contributed by atoms with Gasteiger partial charge in [0.2, 0.25) is 11.7 Å². The van der Waals surface area contributed by atoms with Crippen molar-refractivity contribution in [1.29, 1.82) is 0 Å². The molecule has 40 heavy (non-hydrogen) atoms. The fourth-order valence-electron chi connectivity index (χ4n) is 4.61. The number of nitro groups is 1. The maximum absolute atomic E-state index is 13.0. The lowest BCUT2D eigenvalue weighted by Crippen LogP contribution is -2.32. The van der Waals surface area contributed by atoms with Gasteiger partial charge in [-0.15, -0.1) is 0 Å². The van der Waals surface area contributed by atoms with E-state index in [1.165, 1.54) is 24.5 Å². The quantitative estimate of drug-likeness (QED) is 0.175. The normalized spacial score (nSPS) is 13.2. The number of rotatable bonds is 12. The summed E-state index contributed by atoms with van der Waals surface area (Å²) in [6.45, 7) is 7.36. The molecule has 1 aliphatic heterocycles. The van der Waals surface area contributed by atoms with E-state index < -0.39 is 16.7 Å². The van der Waals surface area contributed by atoms with E-state index in [-0.39, 0.29) is 30.5 Å². The number of unbranched alkanes of at least 4 members (excludes halogenated alkanes) is 1. The Hall–Kier alpha value is -4.25. The molecule has 1 fully saturated rings. The van der Waals surface area contributed by atoms with Crippen LogP contribution in [-0.2, 0) is 17.8 Å². The minimum absolute atomic E-state index is 0.0282. The summed E-state index contributed by atoms with van der Waals surface area (Å²) < 4.78 is 10.9. The van der Waals surface area contributed by atoms with Crippen LogP contribution in [0.2, 0.25) is 0 Å². The average molecular weight is 549 g/mol. The van der Waals surface area contributed by atoms with Crippen LogP contribution < -0.4 is 15.4 Å². The highest BCUT2D eigenvalue weighted by Crippen LogP contribution is 2.37. The van der Waals surface area contributed by atoms with Crippen LogP contribution in [-0.4, -0.2) is 52.2 Å². The van der Waals surface area contributed by atoms with Crippen molar-refractivity contribution in [2.75, 3.05) is 36.9 Å². The van der Waals surface area contributed by atoms with Crippen molar-refractivity contribution in [3.8, 4) is 17.1 Å². The highest BCUT2D eigenvalue weighted by atomic mass is 16.6. The van der Waals surface area contributed by atoms with Gasteiger partial charge in [0.05, 0.1) is 30.4 Å². The van der Waals surface area contributed by atoms with Crippen LogP contribution >= 0.6 is 0 Å². The SMILES string of the molecule is CCCCOc1cc(N(Cc2ccc(-c3ccc(CN4CCCC4)cc3)nc2)C(=O)OCC)c([N+](=O)[O-])c(N)n1. The minimum atomic E-state index is -0.756. The highest BCUT2D eigenvalue weighted by Gasteiger charge is 2.30. The molecular formula is C29H36N6O5. The Labute approximate surface area is 234 Å². The van der Waals surface area contributed by atoms with Crippen LogP contribution in [0.25, 0.3) is 11.3 Å². The molecule has 212 valence electrons. The van der Waals surface area contributed by atoms with Crippen LogP contribution in [0.15, 0.2) is 48.7 Å². The number of nitrogen functional groups attached to an aromatic ring is 1. The van der Waals surface area contributed by atoms with E-state index in [1.807, 2.05) is 19.1 Å². The summed E-state index contributed by atoms with van der Waals surface area (Å²) in [5.74, 6) is -0.243. The number of carbonyl (C=O) groups is 1. The first kappa shape index (κ1) is 28.8. The number of hydrogen-bond acceptors (Lipinski definition) is 9. The largest absolute Gasteiger partial charge is 0.478 e. The molecule has 0 radical (unpaired) electrons. The summed E-state index contributed by atoms with van der Waals surface area (Å²) in [4.78, 5) is 36.5. The summed E-state index contributed by atoms with van der Waals surface area (Å²) in [6.07, 6.45) is 5.09. The monoisotopic (exact) mass is 548 g/mol. The Balaban J connectivity index is 1.57. The fourth-order valence-corrected chi connectivity index (χ4v) is 4.61. The summed E-state index contributed by atoms with van der Waals surface area (Å²) in [5.41, 5.74) is 9.08. The molecule has 11 heteroatoms. The van der Waals surface area contributed by atoms with Gasteiger partial charge in [0.25, 0.3) is 0 Å². The number of benzene rings is 1. The zero-order valence-electron chi connectivity index (χ0n) is 23.0. The third-order valence-electron chi connectivity index (χ3n) is 6.71. The van der Waals surface area contributed by atoms with Crippen LogP contribution in [0.3, 0.4) is 0 Å². The molecule has 2 aromatic heterocycles. The highest BCUT2D eigenvalue weighted by molar-refractivity contribution is 5.92. The van der Waals surface area contributed by atoms with E-state index in [0.29, 0.717) is 12.2 Å². The minimum Gasteiger partial charge on any atom is -0.478 e. The maximum Gasteiger partial charge on any atom is 0.414 e. The maximum atomic E-state index is 13.0. The zero-order chi connectivity index (χ0) is 28.5. The molecule has 0 unspecified atom stereocenters. The molecular weight excluding hydrogens is 512 g/mol. The van der Waals surface area contributed by atoms with E-state index >= 15 is 0 Å². The molecule has 0 saturated carbocycles. The Morgan fingerprint density at radius 3 is 2.48 bits per heavy atom. The van der Waals surface area contributed by atoms with Crippen molar-refractivity contribution in [2.45, 2.75) is 52.6 Å². The second-order valence-corrected chi connectivity index (χ2v) is 9.69. The fraction of sp³-hybridized carbons (Fsp3) is 0.414. The van der Waals surface area contributed by atoms with E-state index in [4.69, 9.17) is 15.2 Å². The lowest BCUT2D eigenvalue weighted by Gasteiger charge is -2.22. The predicted octanol–water partition coefficient (Wildman–Crippen LogP) is 5.57. The first-order chi connectivity index (χ1) is 19.4. The standard InChI is InChI=1S/C29H36N6O5/c1-3-5-16-40-26-17-25(27(35(37)38)28(30)32-26)34(29(36)39-4-2)20-22-10-13-24(31-18-22)23-11-8-21(9-12-23)19-33-14-6-7-15-33/h8-13,17-18H,3-7,14-16,19-20H2,1-2H3,(H2,30,32). The van der Waals surface area contributed by atoms with Gasteiger partial charge < -0.3 is 15.2 Å². The van der Waals surface area contributed by atoms with Crippen LogP contribution in [0.1, 0.15) is 50.7 Å². The Morgan fingerprint density at radius 2 is 1.85 bits per heavy atom. The van der Waals surface area contributed by atoms with Crippen molar-refractivity contribution in [3.63, 3.8) is 0 Å². The lowest BCUT2D eigenvalue weighted by atomic mass is 10.1. The van der Waals surface area contributed by atoms with E-state index in [2.05, 4.69) is 39.1 Å². The Bertz CT molecular complexity index is 1290. The molecule has 4 rings (SSSR count). The number of pyridine rings is 2. The summed E-state index contributed by atoms with van der Waals surface area (Å²) in [6, 6.07) is 13.4. The van der Waals surface area contributed by atoms with Crippen molar-refractivity contribution >= 4 is 23.3 Å². The number of hydrogen-bond donors (Lipinski definition) is 1. The molecule has 0 aliphatic carbocycles. The number of aromatic nitrogens is 2. The van der Waals surface area contributed by atoms with Crippen LogP contribution in [0.5, 0.6) is 5.88 Å². The number of anilines is 2. The molecule has 0 spiro atoms. The molecule has 0 bridgehead atoms. The molecule has 11 nitrogen and oxygen atoms in total. The number of nitrogens with two attached hydrogens (primary N) is 1. The molecule has 2 N–H and O–H groups in total. The van der Waals surface area contributed by atoms with Gasteiger partial charge >= 0.3 is 11.8 Å². The van der Waals surface area contributed by atoms with Crippen LogP contribution in [0.4, 0.5) is 22.0 Å². The van der Waals surface area contributed by atoms with Gasteiger partial charge in [-0.25, -0.2) is 4.79 Å².